The fourth-order valence-electron chi connectivity index (χ4n) is 2.50. The Morgan fingerprint density at radius 1 is 1.15 bits per heavy atom. The van der Waals surface area contributed by atoms with Crippen molar-refractivity contribution in [2.45, 2.75) is 45.2 Å². The minimum Gasteiger partial charge on any atom is -0.302 e. The fraction of sp³-hybridized carbons (Fsp3) is 0.412. The molecule has 2 unspecified atom stereocenters. The largest absolute Gasteiger partial charge is 0.302 e. The monoisotopic (exact) mass is 307 g/mol. The van der Waals surface area contributed by atoms with Crippen LogP contribution in [-0.2, 0) is 0 Å². The van der Waals surface area contributed by atoms with Gasteiger partial charge in [-0.05, 0) is 42.0 Å². The summed E-state index contributed by atoms with van der Waals surface area (Å²) in [7, 11) is 0. The second-order valence-corrected chi connectivity index (χ2v) is 6.45. The molecule has 0 aliphatic carbocycles. The lowest BCUT2D eigenvalue weighted by Gasteiger charge is -2.25. The van der Waals surface area contributed by atoms with E-state index < -0.39 is 0 Å². The first-order chi connectivity index (χ1) is 9.74. The zero-order chi connectivity index (χ0) is 14.4. The molecule has 0 saturated heterocycles. The van der Waals surface area contributed by atoms with Crippen LogP contribution in [0, 0.1) is 0 Å². The number of halogens is 1. The first kappa shape index (κ1) is 15.6. The van der Waals surface area contributed by atoms with Gasteiger partial charge in [-0.1, -0.05) is 50.1 Å². The van der Waals surface area contributed by atoms with Crippen LogP contribution in [-0.4, -0.2) is 0 Å². The first-order valence-corrected chi connectivity index (χ1v) is 8.55. The molecule has 1 nitrogen and oxygen atoms in total. The molecule has 1 heterocycles. The maximum Gasteiger partial charge on any atom is 0.0419 e. The summed E-state index contributed by atoms with van der Waals surface area (Å²) in [6.45, 7) is 4.46. The van der Waals surface area contributed by atoms with Crippen molar-refractivity contribution in [1.29, 1.82) is 0 Å². The van der Waals surface area contributed by atoms with Crippen molar-refractivity contribution in [3.63, 3.8) is 0 Å². The third-order valence-electron chi connectivity index (χ3n) is 3.53. The van der Waals surface area contributed by atoms with Crippen molar-refractivity contribution in [2.75, 3.05) is 0 Å². The van der Waals surface area contributed by atoms with E-state index >= 15 is 0 Å². The molecule has 20 heavy (non-hydrogen) atoms. The van der Waals surface area contributed by atoms with Crippen LogP contribution in [0.3, 0.4) is 0 Å². The Morgan fingerprint density at radius 2 is 2.00 bits per heavy atom. The number of nitrogens with one attached hydrogen (secondary N) is 1. The number of thiophene rings is 1. The lowest BCUT2D eigenvalue weighted by atomic mass is 10.0. The van der Waals surface area contributed by atoms with Crippen molar-refractivity contribution in [3.8, 4) is 0 Å². The van der Waals surface area contributed by atoms with E-state index in [2.05, 4.69) is 48.8 Å². The van der Waals surface area contributed by atoms with E-state index in [1.54, 1.807) is 0 Å². The van der Waals surface area contributed by atoms with Gasteiger partial charge < -0.3 is 5.32 Å². The van der Waals surface area contributed by atoms with Crippen LogP contribution in [0.15, 0.2) is 41.8 Å². The highest BCUT2D eigenvalue weighted by molar-refractivity contribution is 7.10. The van der Waals surface area contributed by atoms with Crippen molar-refractivity contribution >= 4 is 22.9 Å². The minimum atomic E-state index is 0.354. The summed E-state index contributed by atoms with van der Waals surface area (Å²) in [5, 5.41) is 6.77. The number of hydrogen-bond acceptors (Lipinski definition) is 2. The lowest BCUT2D eigenvalue weighted by molar-refractivity contribution is 0.417. The van der Waals surface area contributed by atoms with E-state index in [0.717, 1.165) is 17.9 Å². The van der Waals surface area contributed by atoms with Crippen LogP contribution in [0.1, 0.15) is 55.6 Å². The molecule has 0 spiro atoms. The molecule has 0 aliphatic heterocycles. The Labute approximate surface area is 131 Å². The molecule has 0 aliphatic rings. The van der Waals surface area contributed by atoms with Gasteiger partial charge in [0, 0.05) is 22.0 Å². The van der Waals surface area contributed by atoms with Gasteiger partial charge >= 0.3 is 0 Å². The molecule has 1 N–H and O–H groups in total. The highest BCUT2D eigenvalue weighted by Gasteiger charge is 2.17. The predicted molar refractivity (Wildman–Crippen MR) is 89.6 cm³/mol. The molecule has 0 bridgehead atoms. The molecule has 2 rings (SSSR count). The van der Waals surface area contributed by atoms with Gasteiger partial charge in [0.2, 0.25) is 0 Å². The van der Waals surface area contributed by atoms with E-state index in [4.69, 9.17) is 11.6 Å². The minimum absolute atomic E-state index is 0.354. The van der Waals surface area contributed by atoms with E-state index in [1.807, 2.05) is 23.5 Å². The summed E-state index contributed by atoms with van der Waals surface area (Å²) in [5.41, 5.74) is 1.28. The van der Waals surface area contributed by atoms with Gasteiger partial charge in [-0.25, -0.2) is 0 Å². The average Bonchev–Trinajstić information content (AvgIpc) is 2.97. The summed E-state index contributed by atoms with van der Waals surface area (Å²) < 4.78 is 0. The number of rotatable bonds is 7. The van der Waals surface area contributed by atoms with Crippen molar-refractivity contribution < 1.29 is 0 Å². The summed E-state index contributed by atoms with van der Waals surface area (Å²) in [6.07, 6.45) is 3.41. The second-order valence-electron chi connectivity index (χ2n) is 5.04. The first-order valence-electron chi connectivity index (χ1n) is 7.29. The topological polar surface area (TPSA) is 12.0 Å². The van der Waals surface area contributed by atoms with Gasteiger partial charge in [0.1, 0.15) is 0 Å². The summed E-state index contributed by atoms with van der Waals surface area (Å²) >= 11 is 7.95. The molecule has 0 amide bonds. The van der Waals surface area contributed by atoms with Crippen molar-refractivity contribution in [1.82, 2.24) is 5.32 Å². The van der Waals surface area contributed by atoms with Crippen LogP contribution in [0.5, 0.6) is 0 Å². The van der Waals surface area contributed by atoms with Crippen LogP contribution in [0.4, 0.5) is 0 Å². The highest BCUT2D eigenvalue weighted by Crippen LogP contribution is 2.28. The summed E-state index contributed by atoms with van der Waals surface area (Å²) in [4.78, 5) is 1.42. The van der Waals surface area contributed by atoms with E-state index in [9.17, 15) is 0 Å². The molecule has 3 heteroatoms. The zero-order valence-corrected chi connectivity index (χ0v) is 13.7. The third kappa shape index (κ3) is 4.08. The quantitative estimate of drug-likeness (QED) is 0.663. The van der Waals surface area contributed by atoms with E-state index in [1.165, 1.54) is 16.9 Å². The second kappa shape index (κ2) is 7.82. The zero-order valence-electron chi connectivity index (χ0n) is 12.1. The van der Waals surface area contributed by atoms with Gasteiger partial charge in [0.05, 0.1) is 0 Å². The van der Waals surface area contributed by atoms with Crippen molar-refractivity contribution in [3.05, 3.63) is 57.2 Å². The molecular formula is C17H22ClNS. The lowest BCUT2D eigenvalue weighted by Crippen LogP contribution is -2.25. The van der Waals surface area contributed by atoms with Gasteiger partial charge in [-0.15, -0.1) is 11.3 Å². The Morgan fingerprint density at radius 3 is 2.60 bits per heavy atom. The number of benzene rings is 1. The molecule has 2 aromatic rings. The maximum atomic E-state index is 6.12. The molecule has 108 valence electrons. The molecular weight excluding hydrogens is 286 g/mol. The average molecular weight is 308 g/mol. The van der Waals surface area contributed by atoms with Crippen LogP contribution < -0.4 is 5.32 Å². The standard InChI is InChI=1S/C17H22ClNS/c1-3-7-16(17-10-6-11-20-17)19-15(4-2)13-8-5-9-14(18)12-13/h5-6,8-12,15-16,19H,3-4,7H2,1-2H3. The van der Waals surface area contributed by atoms with Crippen LogP contribution in [0.2, 0.25) is 5.02 Å². The smallest absolute Gasteiger partial charge is 0.0419 e. The SMILES string of the molecule is CCCC(NC(CC)c1cccc(Cl)c1)c1cccs1. The maximum absolute atomic E-state index is 6.12. The van der Waals surface area contributed by atoms with Crippen molar-refractivity contribution in [2.24, 2.45) is 0 Å². The Kier molecular flexibility index (Phi) is 6.08. The van der Waals surface area contributed by atoms with Crippen LogP contribution >= 0.6 is 22.9 Å². The highest BCUT2D eigenvalue weighted by atomic mass is 35.5. The Bertz CT molecular complexity index is 509. The van der Waals surface area contributed by atoms with E-state index in [0.29, 0.717) is 12.1 Å². The van der Waals surface area contributed by atoms with Gasteiger partial charge in [-0.2, -0.15) is 0 Å². The van der Waals surface area contributed by atoms with Gasteiger partial charge in [0.25, 0.3) is 0 Å². The van der Waals surface area contributed by atoms with Gasteiger partial charge in [0.15, 0.2) is 0 Å². The number of hydrogen-bond donors (Lipinski definition) is 1. The Balaban J connectivity index is 2.15. The normalized spacial score (nSPS) is 14.2. The summed E-state index contributed by atoms with van der Waals surface area (Å²) in [5.74, 6) is 0. The summed E-state index contributed by atoms with van der Waals surface area (Å²) in [6, 6.07) is 13.3. The fourth-order valence-corrected chi connectivity index (χ4v) is 3.52. The molecule has 1 aromatic carbocycles. The molecule has 2 atom stereocenters. The molecule has 0 fully saturated rings. The molecule has 0 radical (unpaired) electrons. The Hall–Kier alpha value is -0.830. The van der Waals surface area contributed by atoms with E-state index in [-0.39, 0.29) is 0 Å². The van der Waals surface area contributed by atoms with Crippen LogP contribution in [0.25, 0.3) is 0 Å². The molecule has 0 saturated carbocycles. The van der Waals surface area contributed by atoms with Gasteiger partial charge in [-0.3, -0.25) is 0 Å². The predicted octanol–water partition coefficient (Wildman–Crippen LogP) is 5.98. The third-order valence-corrected chi connectivity index (χ3v) is 4.75. The molecule has 1 aromatic heterocycles.